The van der Waals surface area contributed by atoms with Gasteiger partial charge in [-0.2, -0.15) is 0 Å². The van der Waals surface area contributed by atoms with Gasteiger partial charge in [0.15, 0.2) is 6.61 Å². The fourth-order valence-electron chi connectivity index (χ4n) is 1.99. The van der Waals surface area contributed by atoms with Gasteiger partial charge in [-0.1, -0.05) is 0 Å². The van der Waals surface area contributed by atoms with Crippen molar-refractivity contribution in [3.8, 4) is 5.75 Å². The Balaban J connectivity index is 2.26. The Labute approximate surface area is 130 Å². The molecule has 1 aromatic heterocycles. The molecule has 0 atom stereocenters. The summed E-state index contributed by atoms with van der Waals surface area (Å²) < 4.78 is 7.11. The summed E-state index contributed by atoms with van der Waals surface area (Å²) in [6.07, 6.45) is 0.684. The largest absolute Gasteiger partial charge is 0.485 e. The molecule has 8 heteroatoms. The quantitative estimate of drug-likeness (QED) is 0.600. The van der Waals surface area contributed by atoms with E-state index in [4.69, 9.17) is 10.5 Å². The van der Waals surface area contributed by atoms with E-state index in [1.54, 1.807) is 0 Å². The molecule has 120 valence electrons. The van der Waals surface area contributed by atoms with E-state index in [1.807, 2.05) is 0 Å². The Kier molecular flexibility index (Phi) is 4.44. The third-order valence-electron chi connectivity index (χ3n) is 3.37. The van der Waals surface area contributed by atoms with Crippen LogP contribution >= 0.6 is 0 Å². The van der Waals surface area contributed by atoms with Gasteiger partial charge in [0.05, 0.1) is 0 Å². The lowest BCUT2D eigenvalue weighted by Gasteiger charge is -2.11. The second-order valence-corrected chi connectivity index (χ2v) is 4.86. The number of ether oxygens (including phenoxy) is 1. The first-order valence-electron chi connectivity index (χ1n) is 6.63. The molecule has 1 heterocycles. The van der Waals surface area contributed by atoms with Crippen molar-refractivity contribution >= 4 is 17.9 Å². The number of aldehydes is 1. The smallest absolute Gasteiger partial charge is 0.332 e. The van der Waals surface area contributed by atoms with Gasteiger partial charge >= 0.3 is 5.69 Å². The van der Waals surface area contributed by atoms with Crippen LogP contribution in [-0.2, 0) is 14.1 Å². The molecule has 0 fully saturated rings. The number of carbonyl (C=O) groups excluding carboxylic acids is 2. The highest BCUT2D eigenvalue weighted by Gasteiger charge is 2.20. The Morgan fingerprint density at radius 2 is 1.78 bits per heavy atom. The van der Waals surface area contributed by atoms with Gasteiger partial charge in [-0.05, 0) is 24.3 Å². The van der Waals surface area contributed by atoms with Crippen molar-refractivity contribution in [1.82, 2.24) is 9.13 Å². The predicted octanol–water partition coefficient (Wildman–Crippen LogP) is -0.260. The maximum absolute atomic E-state index is 12.2. The molecule has 0 aliphatic heterocycles. The number of nitrogens with zero attached hydrogens (tertiary/aromatic N) is 2. The number of ketones is 1. The fraction of sp³-hybridized carbons (Fsp3) is 0.200. The SMILES string of the molecule is Cn1c(N)c(C(=O)COc2ccc(C=O)cc2)c(=O)n(C)c1=O. The summed E-state index contributed by atoms with van der Waals surface area (Å²) in [5, 5.41) is 0. The molecule has 0 spiro atoms. The summed E-state index contributed by atoms with van der Waals surface area (Å²) >= 11 is 0. The number of anilines is 1. The number of Topliss-reactive ketones (excluding diaryl/α,β-unsaturated/α-hetero) is 1. The van der Waals surface area contributed by atoms with Crippen molar-refractivity contribution in [2.24, 2.45) is 14.1 Å². The number of nitrogens with two attached hydrogens (primary N) is 1. The Hall–Kier alpha value is -3.16. The zero-order valence-electron chi connectivity index (χ0n) is 12.6. The number of benzene rings is 1. The number of hydrogen-bond acceptors (Lipinski definition) is 6. The molecule has 0 bridgehead atoms. The monoisotopic (exact) mass is 317 g/mol. The van der Waals surface area contributed by atoms with Crippen molar-refractivity contribution < 1.29 is 14.3 Å². The van der Waals surface area contributed by atoms with E-state index in [0.717, 1.165) is 9.13 Å². The highest BCUT2D eigenvalue weighted by atomic mass is 16.5. The first-order valence-corrected chi connectivity index (χ1v) is 6.63. The van der Waals surface area contributed by atoms with Gasteiger partial charge in [0, 0.05) is 19.7 Å². The molecule has 1 aromatic carbocycles. The summed E-state index contributed by atoms with van der Waals surface area (Å²) in [5.41, 5.74) is 4.49. The van der Waals surface area contributed by atoms with E-state index in [1.165, 1.54) is 38.4 Å². The summed E-state index contributed by atoms with van der Waals surface area (Å²) in [6.45, 7) is -0.419. The molecule has 2 aromatic rings. The zero-order valence-corrected chi connectivity index (χ0v) is 12.6. The van der Waals surface area contributed by atoms with Crippen LogP contribution in [0.1, 0.15) is 20.7 Å². The van der Waals surface area contributed by atoms with Gasteiger partial charge < -0.3 is 10.5 Å². The summed E-state index contributed by atoms with van der Waals surface area (Å²) in [4.78, 5) is 46.5. The van der Waals surface area contributed by atoms with Gasteiger partial charge in [-0.15, -0.1) is 0 Å². The second-order valence-electron chi connectivity index (χ2n) is 4.86. The molecular formula is C15H15N3O5. The second kappa shape index (κ2) is 6.30. The van der Waals surface area contributed by atoms with Crippen molar-refractivity contribution in [1.29, 1.82) is 0 Å². The molecular weight excluding hydrogens is 302 g/mol. The maximum Gasteiger partial charge on any atom is 0.332 e. The molecule has 2 rings (SSSR count). The summed E-state index contributed by atoms with van der Waals surface area (Å²) in [5.74, 6) is -0.481. The number of nitrogen functional groups attached to an aromatic ring is 1. The Bertz CT molecular complexity index is 878. The Morgan fingerprint density at radius 1 is 1.17 bits per heavy atom. The minimum Gasteiger partial charge on any atom is -0.485 e. The van der Waals surface area contributed by atoms with E-state index in [9.17, 15) is 19.2 Å². The molecule has 0 saturated heterocycles. The number of hydrogen-bond donors (Lipinski definition) is 1. The van der Waals surface area contributed by atoms with Crippen LogP contribution in [0.2, 0.25) is 0 Å². The summed E-state index contributed by atoms with van der Waals surface area (Å²) in [7, 11) is 2.63. The van der Waals surface area contributed by atoms with E-state index < -0.39 is 23.6 Å². The van der Waals surface area contributed by atoms with E-state index in [2.05, 4.69) is 0 Å². The zero-order chi connectivity index (χ0) is 17.1. The average molecular weight is 317 g/mol. The molecule has 0 radical (unpaired) electrons. The third-order valence-corrected chi connectivity index (χ3v) is 3.37. The van der Waals surface area contributed by atoms with Crippen LogP contribution in [0.5, 0.6) is 5.75 Å². The lowest BCUT2D eigenvalue weighted by molar-refractivity contribution is 0.0919. The predicted molar refractivity (Wildman–Crippen MR) is 83.0 cm³/mol. The first kappa shape index (κ1) is 16.2. The lowest BCUT2D eigenvalue weighted by atomic mass is 10.2. The van der Waals surface area contributed by atoms with Crippen LogP contribution in [0, 0.1) is 0 Å². The molecule has 0 unspecified atom stereocenters. The average Bonchev–Trinajstić information content (AvgIpc) is 2.57. The van der Waals surface area contributed by atoms with Crippen molar-refractivity contribution in [2.45, 2.75) is 0 Å². The van der Waals surface area contributed by atoms with Gasteiger partial charge in [0.1, 0.15) is 23.4 Å². The molecule has 0 saturated carbocycles. The minimum absolute atomic E-state index is 0.206. The van der Waals surface area contributed by atoms with Crippen LogP contribution in [-0.4, -0.2) is 27.8 Å². The normalized spacial score (nSPS) is 10.3. The molecule has 23 heavy (non-hydrogen) atoms. The van der Waals surface area contributed by atoms with E-state index in [-0.39, 0.29) is 11.4 Å². The number of carbonyl (C=O) groups is 2. The minimum atomic E-state index is -0.768. The van der Waals surface area contributed by atoms with Crippen LogP contribution < -0.4 is 21.7 Å². The van der Waals surface area contributed by atoms with Crippen LogP contribution in [0.25, 0.3) is 0 Å². The van der Waals surface area contributed by atoms with E-state index >= 15 is 0 Å². The fourth-order valence-corrected chi connectivity index (χ4v) is 1.99. The molecule has 8 nitrogen and oxygen atoms in total. The standard InChI is InChI=1S/C15H15N3O5/c1-17-13(16)12(14(21)18(2)15(17)22)11(20)8-23-10-5-3-9(7-19)4-6-10/h3-7H,8,16H2,1-2H3. The van der Waals surface area contributed by atoms with Crippen molar-refractivity contribution in [3.63, 3.8) is 0 Å². The highest BCUT2D eigenvalue weighted by molar-refractivity contribution is 6.00. The van der Waals surface area contributed by atoms with Gasteiger partial charge in [0.25, 0.3) is 5.56 Å². The van der Waals surface area contributed by atoms with Gasteiger partial charge in [-0.3, -0.25) is 23.5 Å². The van der Waals surface area contributed by atoms with Gasteiger partial charge in [-0.25, -0.2) is 4.79 Å². The molecule has 0 aliphatic carbocycles. The molecule has 2 N–H and O–H groups in total. The maximum atomic E-state index is 12.2. The third kappa shape index (κ3) is 3.05. The number of rotatable bonds is 5. The van der Waals surface area contributed by atoms with Crippen molar-refractivity contribution in [2.75, 3.05) is 12.3 Å². The molecule has 0 amide bonds. The van der Waals surface area contributed by atoms with Crippen LogP contribution in [0.15, 0.2) is 33.9 Å². The van der Waals surface area contributed by atoms with E-state index in [0.29, 0.717) is 17.6 Å². The van der Waals surface area contributed by atoms with Crippen LogP contribution in [0.4, 0.5) is 5.82 Å². The lowest BCUT2D eigenvalue weighted by Crippen LogP contribution is -2.42. The summed E-state index contributed by atoms with van der Waals surface area (Å²) in [6, 6.07) is 6.12. The molecule has 0 aliphatic rings. The van der Waals surface area contributed by atoms with Crippen LogP contribution in [0.3, 0.4) is 0 Å². The highest BCUT2D eigenvalue weighted by Crippen LogP contribution is 2.12. The number of aromatic nitrogens is 2. The first-order chi connectivity index (χ1) is 10.9. The Morgan fingerprint density at radius 3 is 2.35 bits per heavy atom. The topological polar surface area (TPSA) is 113 Å². The van der Waals surface area contributed by atoms with Crippen molar-refractivity contribution in [3.05, 3.63) is 56.2 Å². The van der Waals surface area contributed by atoms with Gasteiger partial charge in [0.2, 0.25) is 5.78 Å².